The number of aliphatic imine (C=N–C) groups is 1. The van der Waals surface area contributed by atoms with Crippen molar-refractivity contribution in [3.63, 3.8) is 0 Å². The van der Waals surface area contributed by atoms with Crippen molar-refractivity contribution in [1.82, 2.24) is 0 Å². The second-order valence-corrected chi connectivity index (χ2v) is 9.60. The first-order chi connectivity index (χ1) is 17.6. The number of fused-ring (bicyclic) bond motifs is 1. The first-order valence-electron chi connectivity index (χ1n) is 12.2. The summed E-state index contributed by atoms with van der Waals surface area (Å²) in [6.07, 6.45) is 3.85. The minimum atomic E-state index is -0.0943. The Morgan fingerprint density at radius 1 is 0.861 bits per heavy atom. The van der Waals surface area contributed by atoms with Gasteiger partial charge in [-0.2, -0.15) is 0 Å². The zero-order chi connectivity index (χ0) is 25.1. The molecule has 0 saturated carbocycles. The fraction of sp³-hybridized carbons (Fsp3) is 0.161. The van der Waals surface area contributed by atoms with Gasteiger partial charge < -0.3 is 4.74 Å². The van der Waals surface area contributed by atoms with E-state index in [0.29, 0.717) is 10.1 Å². The SMILES string of the molecule is CCc1ccc(N=C2S/C(=C/c3c(OC)ccc4ccccc34)C(=O)N2c2ccc(CC)cc2)cc1. The second kappa shape index (κ2) is 10.4. The topological polar surface area (TPSA) is 41.9 Å². The van der Waals surface area contributed by atoms with Crippen LogP contribution in [0.4, 0.5) is 11.4 Å². The van der Waals surface area contributed by atoms with Crippen molar-refractivity contribution < 1.29 is 9.53 Å². The highest BCUT2D eigenvalue weighted by Gasteiger charge is 2.35. The van der Waals surface area contributed by atoms with Gasteiger partial charge in [-0.05, 0) is 82.9 Å². The number of amidine groups is 1. The van der Waals surface area contributed by atoms with Crippen LogP contribution >= 0.6 is 11.8 Å². The molecule has 0 unspecified atom stereocenters. The monoisotopic (exact) mass is 492 g/mol. The van der Waals surface area contributed by atoms with Gasteiger partial charge in [0, 0.05) is 5.56 Å². The number of nitrogens with zero attached hydrogens (tertiary/aromatic N) is 2. The molecule has 1 heterocycles. The number of thioether (sulfide) groups is 1. The minimum absolute atomic E-state index is 0.0943. The Hall–Kier alpha value is -3.83. The molecule has 1 aliphatic rings. The van der Waals surface area contributed by atoms with E-state index in [-0.39, 0.29) is 5.91 Å². The van der Waals surface area contributed by atoms with Crippen molar-refractivity contribution in [3.05, 3.63) is 107 Å². The zero-order valence-corrected chi connectivity index (χ0v) is 21.5. The predicted molar refractivity (Wildman–Crippen MR) is 152 cm³/mol. The summed E-state index contributed by atoms with van der Waals surface area (Å²) >= 11 is 1.39. The number of amides is 1. The van der Waals surface area contributed by atoms with E-state index < -0.39 is 0 Å². The van der Waals surface area contributed by atoms with Crippen molar-refractivity contribution in [3.8, 4) is 5.75 Å². The summed E-state index contributed by atoms with van der Waals surface area (Å²) in [7, 11) is 1.66. The lowest BCUT2D eigenvalue weighted by Crippen LogP contribution is -2.28. The summed E-state index contributed by atoms with van der Waals surface area (Å²) in [5, 5.41) is 2.77. The molecule has 0 atom stereocenters. The van der Waals surface area contributed by atoms with Gasteiger partial charge in [0.2, 0.25) is 0 Å². The number of carbonyl (C=O) groups is 1. The fourth-order valence-corrected chi connectivity index (χ4v) is 5.29. The average molecular weight is 493 g/mol. The molecule has 4 aromatic carbocycles. The third-order valence-corrected chi connectivity index (χ3v) is 7.37. The van der Waals surface area contributed by atoms with Crippen LogP contribution in [0.1, 0.15) is 30.5 Å². The molecule has 1 saturated heterocycles. The number of anilines is 1. The number of hydrogen-bond acceptors (Lipinski definition) is 4. The van der Waals surface area contributed by atoms with Gasteiger partial charge in [-0.15, -0.1) is 0 Å². The van der Waals surface area contributed by atoms with E-state index in [9.17, 15) is 4.79 Å². The fourth-order valence-electron chi connectivity index (χ4n) is 4.31. The molecule has 5 rings (SSSR count). The third-order valence-electron chi connectivity index (χ3n) is 6.40. The minimum Gasteiger partial charge on any atom is -0.496 e. The summed E-state index contributed by atoms with van der Waals surface area (Å²) in [6, 6.07) is 28.4. The lowest BCUT2D eigenvalue weighted by molar-refractivity contribution is -0.113. The molecule has 4 aromatic rings. The van der Waals surface area contributed by atoms with Gasteiger partial charge in [0.1, 0.15) is 5.75 Å². The summed E-state index contributed by atoms with van der Waals surface area (Å²) in [4.78, 5) is 21.0. The van der Waals surface area contributed by atoms with Crippen LogP contribution in [0.5, 0.6) is 5.75 Å². The number of carbonyl (C=O) groups excluding carboxylic acids is 1. The Kier molecular flexibility index (Phi) is 6.92. The second-order valence-electron chi connectivity index (χ2n) is 8.59. The highest BCUT2D eigenvalue weighted by molar-refractivity contribution is 8.19. The molecule has 1 amide bonds. The van der Waals surface area contributed by atoms with Crippen molar-refractivity contribution in [1.29, 1.82) is 0 Å². The van der Waals surface area contributed by atoms with E-state index in [2.05, 4.69) is 50.2 Å². The molecule has 4 nitrogen and oxygen atoms in total. The predicted octanol–water partition coefficient (Wildman–Crippen LogP) is 7.78. The van der Waals surface area contributed by atoms with E-state index in [4.69, 9.17) is 9.73 Å². The van der Waals surface area contributed by atoms with E-state index in [1.807, 2.05) is 54.6 Å². The van der Waals surface area contributed by atoms with Gasteiger partial charge in [-0.25, -0.2) is 4.99 Å². The molecule has 0 aliphatic carbocycles. The molecule has 0 N–H and O–H groups in total. The summed E-state index contributed by atoms with van der Waals surface area (Å²) < 4.78 is 5.67. The van der Waals surface area contributed by atoms with E-state index >= 15 is 0 Å². The quantitative estimate of drug-likeness (QED) is 0.258. The van der Waals surface area contributed by atoms with Crippen molar-refractivity contribution in [2.45, 2.75) is 26.7 Å². The molecular formula is C31H28N2O2S. The Bertz CT molecular complexity index is 1470. The number of hydrogen-bond donors (Lipinski definition) is 0. The molecule has 0 aromatic heterocycles. The molecular weight excluding hydrogens is 464 g/mol. The molecule has 1 aliphatic heterocycles. The normalized spacial score (nSPS) is 15.9. The standard InChI is InChI=1S/C31H28N2O2S/c1-4-21-10-15-24(16-11-21)32-31-33(25-17-12-22(5-2)13-18-25)30(34)29(36-31)20-27-26-9-7-6-8-23(26)14-19-28(27)35-3/h6-20H,4-5H2,1-3H3/b29-20+,32-31?. The zero-order valence-electron chi connectivity index (χ0n) is 20.7. The lowest BCUT2D eigenvalue weighted by atomic mass is 10.0. The highest BCUT2D eigenvalue weighted by atomic mass is 32.2. The van der Waals surface area contributed by atoms with Crippen LogP contribution < -0.4 is 9.64 Å². The third kappa shape index (κ3) is 4.67. The highest BCUT2D eigenvalue weighted by Crippen LogP contribution is 2.40. The maximum Gasteiger partial charge on any atom is 0.271 e. The molecule has 5 heteroatoms. The summed E-state index contributed by atoms with van der Waals surface area (Å²) in [5.41, 5.74) is 5.00. The van der Waals surface area contributed by atoms with Crippen LogP contribution in [0.25, 0.3) is 16.8 Å². The molecule has 0 spiro atoms. The molecule has 0 bridgehead atoms. The van der Waals surface area contributed by atoms with Crippen LogP contribution in [0.3, 0.4) is 0 Å². The van der Waals surface area contributed by atoms with Crippen molar-refractivity contribution in [2.75, 3.05) is 12.0 Å². The first-order valence-corrected chi connectivity index (χ1v) is 13.0. The average Bonchev–Trinajstić information content (AvgIpc) is 3.23. The van der Waals surface area contributed by atoms with Gasteiger partial charge >= 0.3 is 0 Å². The first kappa shape index (κ1) is 23.9. The number of rotatable bonds is 6. The number of methoxy groups -OCH3 is 1. The maximum absolute atomic E-state index is 13.8. The van der Waals surface area contributed by atoms with Gasteiger partial charge in [-0.1, -0.05) is 68.4 Å². The van der Waals surface area contributed by atoms with Crippen molar-refractivity contribution >= 4 is 51.1 Å². The van der Waals surface area contributed by atoms with Crippen molar-refractivity contribution in [2.24, 2.45) is 4.99 Å². The van der Waals surface area contributed by atoms with Gasteiger partial charge in [0.25, 0.3) is 5.91 Å². The molecule has 0 radical (unpaired) electrons. The Balaban J connectivity index is 1.62. The Labute approximate surface area is 216 Å². The number of ether oxygens (including phenoxy) is 1. The molecule has 1 fully saturated rings. The van der Waals surface area contributed by atoms with Crippen LogP contribution in [0.15, 0.2) is 94.8 Å². The molecule has 36 heavy (non-hydrogen) atoms. The van der Waals surface area contributed by atoms with Crippen LogP contribution in [-0.2, 0) is 17.6 Å². The summed E-state index contributed by atoms with van der Waals surface area (Å²) in [6.45, 7) is 4.25. The largest absolute Gasteiger partial charge is 0.496 e. The van der Waals surface area contributed by atoms with Crippen LogP contribution in [-0.4, -0.2) is 18.2 Å². The van der Waals surface area contributed by atoms with Gasteiger partial charge in [0.05, 0.1) is 23.4 Å². The van der Waals surface area contributed by atoms with E-state index in [0.717, 1.165) is 46.3 Å². The Morgan fingerprint density at radius 2 is 1.53 bits per heavy atom. The Morgan fingerprint density at radius 3 is 2.19 bits per heavy atom. The summed E-state index contributed by atoms with van der Waals surface area (Å²) in [5.74, 6) is 0.636. The van der Waals surface area contributed by atoms with Crippen LogP contribution in [0.2, 0.25) is 0 Å². The van der Waals surface area contributed by atoms with Gasteiger partial charge in [-0.3, -0.25) is 9.69 Å². The van der Waals surface area contributed by atoms with E-state index in [1.165, 1.54) is 22.9 Å². The molecule has 180 valence electrons. The number of benzene rings is 4. The lowest BCUT2D eigenvalue weighted by Gasteiger charge is -2.16. The maximum atomic E-state index is 13.8. The smallest absolute Gasteiger partial charge is 0.271 e. The van der Waals surface area contributed by atoms with Gasteiger partial charge in [0.15, 0.2) is 5.17 Å². The van der Waals surface area contributed by atoms with Crippen LogP contribution in [0, 0.1) is 0 Å². The van der Waals surface area contributed by atoms with E-state index in [1.54, 1.807) is 12.0 Å². The number of aryl methyl sites for hydroxylation is 2.